The van der Waals surface area contributed by atoms with Gasteiger partial charge in [-0.1, -0.05) is 55.8 Å². The molecule has 0 saturated carbocycles. The topological polar surface area (TPSA) is 75.2 Å². The average Bonchev–Trinajstić information content (AvgIpc) is 3.10. The number of halogens is 1. The molecular weight excluding hydrogens is 384 g/mol. The van der Waals surface area contributed by atoms with E-state index < -0.39 is 0 Å². The van der Waals surface area contributed by atoms with E-state index in [1.54, 1.807) is 29.2 Å². The molecule has 0 bridgehead atoms. The summed E-state index contributed by atoms with van der Waals surface area (Å²) in [6.45, 7) is 7.25. The van der Waals surface area contributed by atoms with Crippen molar-refractivity contribution < 1.29 is 9.59 Å². The van der Waals surface area contributed by atoms with Crippen LogP contribution in [0.5, 0.6) is 0 Å². The molecular formula is C19H23ClN4O2S. The van der Waals surface area contributed by atoms with Crippen LogP contribution in [-0.4, -0.2) is 40.0 Å². The van der Waals surface area contributed by atoms with Crippen molar-refractivity contribution >= 4 is 39.9 Å². The molecule has 0 atom stereocenters. The van der Waals surface area contributed by atoms with E-state index in [-0.39, 0.29) is 23.1 Å². The molecule has 2 aromatic rings. The highest BCUT2D eigenvalue weighted by atomic mass is 35.5. The summed E-state index contributed by atoms with van der Waals surface area (Å²) in [6.07, 6.45) is 1.24. The number of hydrogen-bond donors (Lipinski definition) is 1. The van der Waals surface area contributed by atoms with E-state index in [0.29, 0.717) is 41.6 Å². The lowest BCUT2D eigenvalue weighted by Crippen LogP contribution is -2.41. The summed E-state index contributed by atoms with van der Waals surface area (Å²) < 4.78 is 0. The number of piperidine rings is 1. The van der Waals surface area contributed by atoms with Gasteiger partial charge in [-0.05, 0) is 25.0 Å². The largest absolute Gasteiger partial charge is 0.339 e. The summed E-state index contributed by atoms with van der Waals surface area (Å²) in [5.74, 6) is -0.280. The van der Waals surface area contributed by atoms with Gasteiger partial charge in [-0.3, -0.25) is 9.59 Å². The van der Waals surface area contributed by atoms with E-state index >= 15 is 0 Å². The predicted octanol–water partition coefficient (Wildman–Crippen LogP) is 3.98. The number of carbonyl (C=O) groups excluding carboxylic acids is 2. The number of anilines is 1. The zero-order valence-electron chi connectivity index (χ0n) is 15.7. The normalized spacial score (nSPS) is 15.6. The molecule has 0 aliphatic carbocycles. The molecule has 0 unspecified atom stereocenters. The number of amides is 2. The van der Waals surface area contributed by atoms with Crippen molar-refractivity contribution in [1.82, 2.24) is 15.1 Å². The van der Waals surface area contributed by atoms with Gasteiger partial charge >= 0.3 is 0 Å². The molecule has 1 N–H and O–H groups in total. The minimum absolute atomic E-state index is 0.0588. The Hall–Kier alpha value is -1.99. The molecule has 3 rings (SSSR count). The third-order valence-electron chi connectivity index (χ3n) is 4.55. The standard InChI is InChI=1S/C19H23ClN4O2S/c1-19(2,3)17-22-23-18(27-17)21-15(25)12-8-10-24(11-9-12)16(26)13-6-4-5-7-14(13)20/h4-7,12H,8-11H2,1-3H3,(H,21,23,25). The SMILES string of the molecule is CC(C)(C)c1nnc(NC(=O)C2CCN(C(=O)c3ccccc3Cl)CC2)s1. The quantitative estimate of drug-likeness (QED) is 0.836. The van der Waals surface area contributed by atoms with Crippen LogP contribution in [0.25, 0.3) is 0 Å². The van der Waals surface area contributed by atoms with E-state index in [1.807, 2.05) is 0 Å². The second kappa shape index (κ2) is 7.94. The first-order valence-electron chi connectivity index (χ1n) is 8.94. The Bertz CT molecular complexity index is 838. The van der Waals surface area contributed by atoms with E-state index in [0.717, 1.165) is 5.01 Å². The van der Waals surface area contributed by atoms with Crippen LogP contribution in [0.2, 0.25) is 5.02 Å². The van der Waals surface area contributed by atoms with E-state index in [4.69, 9.17) is 11.6 Å². The molecule has 2 amide bonds. The van der Waals surface area contributed by atoms with Gasteiger partial charge in [0.2, 0.25) is 11.0 Å². The van der Waals surface area contributed by atoms with Gasteiger partial charge in [0.15, 0.2) is 0 Å². The maximum absolute atomic E-state index is 12.6. The molecule has 6 nitrogen and oxygen atoms in total. The zero-order valence-corrected chi connectivity index (χ0v) is 17.2. The number of likely N-dealkylation sites (tertiary alicyclic amines) is 1. The summed E-state index contributed by atoms with van der Waals surface area (Å²) in [4.78, 5) is 26.9. The van der Waals surface area contributed by atoms with E-state index in [9.17, 15) is 9.59 Å². The fourth-order valence-corrected chi connectivity index (χ4v) is 3.95. The van der Waals surface area contributed by atoms with Crippen LogP contribution in [0.4, 0.5) is 5.13 Å². The summed E-state index contributed by atoms with van der Waals surface area (Å²) in [7, 11) is 0. The van der Waals surface area contributed by atoms with Crippen LogP contribution in [-0.2, 0) is 10.2 Å². The lowest BCUT2D eigenvalue weighted by Gasteiger charge is -2.31. The van der Waals surface area contributed by atoms with Crippen molar-refractivity contribution in [2.24, 2.45) is 5.92 Å². The summed E-state index contributed by atoms with van der Waals surface area (Å²) in [5.41, 5.74) is 0.413. The summed E-state index contributed by atoms with van der Waals surface area (Å²) in [5, 5.41) is 13.0. The number of rotatable bonds is 3. The van der Waals surface area contributed by atoms with Gasteiger partial charge in [0.25, 0.3) is 5.91 Å². The number of benzene rings is 1. The highest BCUT2D eigenvalue weighted by Crippen LogP contribution is 2.29. The number of nitrogens with one attached hydrogen (secondary N) is 1. The Morgan fingerprint density at radius 3 is 2.44 bits per heavy atom. The lowest BCUT2D eigenvalue weighted by atomic mass is 9.95. The van der Waals surface area contributed by atoms with E-state index in [1.165, 1.54) is 11.3 Å². The van der Waals surface area contributed by atoms with Crippen molar-refractivity contribution in [3.05, 3.63) is 39.9 Å². The summed E-state index contributed by atoms with van der Waals surface area (Å²) in [6, 6.07) is 7.04. The molecule has 1 aliphatic rings. The fraction of sp³-hybridized carbons (Fsp3) is 0.474. The second-order valence-electron chi connectivity index (χ2n) is 7.70. The van der Waals surface area contributed by atoms with Gasteiger partial charge in [0, 0.05) is 24.4 Å². The Morgan fingerprint density at radius 1 is 1.19 bits per heavy atom. The van der Waals surface area contributed by atoms with Gasteiger partial charge in [0.1, 0.15) is 5.01 Å². The highest BCUT2D eigenvalue weighted by Gasteiger charge is 2.29. The van der Waals surface area contributed by atoms with Crippen LogP contribution in [0, 0.1) is 5.92 Å². The monoisotopic (exact) mass is 406 g/mol. The third-order valence-corrected chi connectivity index (χ3v) is 6.15. The van der Waals surface area contributed by atoms with Crippen molar-refractivity contribution in [2.45, 2.75) is 39.0 Å². The molecule has 2 heterocycles. The molecule has 8 heteroatoms. The molecule has 0 radical (unpaired) electrons. The van der Waals surface area contributed by atoms with Crippen LogP contribution in [0.3, 0.4) is 0 Å². The molecule has 144 valence electrons. The predicted molar refractivity (Wildman–Crippen MR) is 107 cm³/mol. The highest BCUT2D eigenvalue weighted by molar-refractivity contribution is 7.15. The Morgan fingerprint density at radius 2 is 1.85 bits per heavy atom. The van der Waals surface area contributed by atoms with Crippen LogP contribution < -0.4 is 5.32 Å². The minimum Gasteiger partial charge on any atom is -0.339 e. The van der Waals surface area contributed by atoms with Crippen LogP contribution in [0.15, 0.2) is 24.3 Å². The van der Waals surface area contributed by atoms with Gasteiger partial charge in [0.05, 0.1) is 10.6 Å². The lowest BCUT2D eigenvalue weighted by molar-refractivity contribution is -0.121. The fourth-order valence-electron chi connectivity index (χ4n) is 2.93. The molecule has 1 aromatic carbocycles. The van der Waals surface area contributed by atoms with Crippen molar-refractivity contribution in [3.8, 4) is 0 Å². The summed E-state index contributed by atoms with van der Waals surface area (Å²) >= 11 is 7.52. The Kier molecular flexibility index (Phi) is 5.81. The van der Waals surface area contributed by atoms with Gasteiger partial charge in [-0.25, -0.2) is 0 Å². The van der Waals surface area contributed by atoms with Gasteiger partial charge in [-0.15, -0.1) is 10.2 Å². The van der Waals surface area contributed by atoms with Crippen molar-refractivity contribution in [3.63, 3.8) is 0 Å². The number of nitrogens with zero attached hydrogens (tertiary/aromatic N) is 3. The first kappa shape index (κ1) is 19.8. The minimum atomic E-state index is -0.137. The molecule has 1 saturated heterocycles. The molecule has 1 fully saturated rings. The smallest absolute Gasteiger partial charge is 0.255 e. The first-order chi connectivity index (χ1) is 12.8. The first-order valence-corrected chi connectivity index (χ1v) is 10.1. The van der Waals surface area contributed by atoms with Gasteiger partial charge in [-0.2, -0.15) is 0 Å². The number of carbonyl (C=O) groups is 2. The molecule has 27 heavy (non-hydrogen) atoms. The Balaban J connectivity index is 1.56. The van der Waals surface area contributed by atoms with Crippen molar-refractivity contribution in [1.29, 1.82) is 0 Å². The number of hydrogen-bond acceptors (Lipinski definition) is 5. The third kappa shape index (κ3) is 4.65. The van der Waals surface area contributed by atoms with Crippen LogP contribution >= 0.6 is 22.9 Å². The molecule has 1 aromatic heterocycles. The maximum Gasteiger partial charge on any atom is 0.255 e. The number of aromatic nitrogens is 2. The Labute approximate surface area is 167 Å². The van der Waals surface area contributed by atoms with Crippen LogP contribution in [0.1, 0.15) is 49.0 Å². The molecule has 1 aliphatic heterocycles. The van der Waals surface area contributed by atoms with Crippen molar-refractivity contribution in [2.75, 3.05) is 18.4 Å². The second-order valence-corrected chi connectivity index (χ2v) is 9.08. The average molecular weight is 407 g/mol. The van der Waals surface area contributed by atoms with E-state index in [2.05, 4.69) is 36.3 Å². The zero-order chi connectivity index (χ0) is 19.6. The van der Waals surface area contributed by atoms with Gasteiger partial charge < -0.3 is 10.2 Å². The molecule has 0 spiro atoms. The maximum atomic E-state index is 12.6.